The number of hydrogen-bond acceptors (Lipinski definition) is 5. The molecule has 2 saturated carbocycles. The standard InChI is InChI=1S/C21H24O5/c1-21-10-9-15-14-6-4-13(26-20(24)19(23)25-2)11-12(14)3-5-16(15)17(21)7-8-18(21)22/h3-4,6,11,14-17H,5,7-10H2,1-2H3/t14-,15+,16+,17-,21-/m0/s1. The summed E-state index contributed by atoms with van der Waals surface area (Å²) >= 11 is 0. The van der Waals surface area contributed by atoms with E-state index in [9.17, 15) is 14.4 Å². The van der Waals surface area contributed by atoms with Crippen molar-refractivity contribution in [2.24, 2.45) is 29.1 Å². The fourth-order valence-electron chi connectivity index (χ4n) is 5.64. The topological polar surface area (TPSA) is 69.7 Å². The van der Waals surface area contributed by atoms with Crippen molar-refractivity contribution < 1.29 is 23.9 Å². The van der Waals surface area contributed by atoms with Crippen molar-refractivity contribution in [1.29, 1.82) is 0 Å². The van der Waals surface area contributed by atoms with E-state index in [4.69, 9.17) is 4.74 Å². The third kappa shape index (κ3) is 2.56. The Kier molecular flexibility index (Phi) is 4.13. The van der Waals surface area contributed by atoms with E-state index in [1.54, 1.807) is 6.08 Å². The van der Waals surface area contributed by atoms with Crippen LogP contribution in [0.2, 0.25) is 0 Å². The molecule has 0 aliphatic heterocycles. The molecule has 4 aliphatic rings. The van der Waals surface area contributed by atoms with Gasteiger partial charge in [-0.25, -0.2) is 9.59 Å². The molecule has 26 heavy (non-hydrogen) atoms. The number of methoxy groups -OCH3 is 1. The molecule has 0 N–H and O–H groups in total. The fourth-order valence-corrected chi connectivity index (χ4v) is 5.64. The van der Waals surface area contributed by atoms with Crippen LogP contribution in [0.3, 0.4) is 0 Å². The summed E-state index contributed by atoms with van der Waals surface area (Å²) in [6.45, 7) is 2.17. The van der Waals surface area contributed by atoms with E-state index >= 15 is 0 Å². The van der Waals surface area contributed by atoms with Crippen LogP contribution in [0.1, 0.15) is 39.0 Å². The van der Waals surface area contributed by atoms with Crippen LogP contribution < -0.4 is 0 Å². The molecular weight excluding hydrogens is 332 g/mol. The molecule has 2 fully saturated rings. The van der Waals surface area contributed by atoms with Crippen LogP contribution in [-0.2, 0) is 23.9 Å². The molecule has 138 valence electrons. The zero-order valence-electron chi connectivity index (χ0n) is 15.2. The third-order valence-corrected chi connectivity index (χ3v) is 7.01. The summed E-state index contributed by atoms with van der Waals surface area (Å²) in [7, 11) is 1.15. The number of Topliss-reactive ketones (excluding diaryl/α,β-unsaturated/α-hetero) is 1. The van der Waals surface area contributed by atoms with Gasteiger partial charge in [0.05, 0.1) is 7.11 Å². The summed E-state index contributed by atoms with van der Waals surface area (Å²) in [5, 5.41) is 0. The Labute approximate surface area is 153 Å². The van der Waals surface area contributed by atoms with Crippen molar-refractivity contribution >= 4 is 17.7 Å². The first kappa shape index (κ1) is 17.3. The van der Waals surface area contributed by atoms with E-state index in [2.05, 4.69) is 23.8 Å². The number of rotatable bonds is 1. The number of esters is 2. The van der Waals surface area contributed by atoms with Gasteiger partial charge in [-0.3, -0.25) is 4.79 Å². The van der Waals surface area contributed by atoms with Crippen LogP contribution in [0.4, 0.5) is 0 Å². The second-order valence-electron chi connectivity index (χ2n) is 8.10. The van der Waals surface area contributed by atoms with Gasteiger partial charge in [0.15, 0.2) is 0 Å². The van der Waals surface area contributed by atoms with Crippen LogP contribution >= 0.6 is 0 Å². The van der Waals surface area contributed by atoms with E-state index < -0.39 is 11.9 Å². The van der Waals surface area contributed by atoms with Crippen LogP contribution in [-0.4, -0.2) is 24.8 Å². The molecule has 0 aromatic rings. The fraction of sp³-hybridized carbons (Fsp3) is 0.571. The first-order valence-electron chi connectivity index (χ1n) is 9.37. The van der Waals surface area contributed by atoms with E-state index in [-0.39, 0.29) is 5.41 Å². The Morgan fingerprint density at radius 2 is 2.00 bits per heavy atom. The summed E-state index contributed by atoms with van der Waals surface area (Å²) in [6.07, 6.45) is 12.7. The monoisotopic (exact) mass is 356 g/mol. The van der Waals surface area contributed by atoms with Gasteiger partial charge < -0.3 is 9.47 Å². The first-order chi connectivity index (χ1) is 12.4. The van der Waals surface area contributed by atoms with Gasteiger partial charge in [0.25, 0.3) is 0 Å². The molecule has 0 aromatic heterocycles. The molecule has 0 aromatic carbocycles. The van der Waals surface area contributed by atoms with Crippen LogP contribution in [0, 0.1) is 29.1 Å². The summed E-state index contributed by atoms with van der Waals surface area (Å²) < 4.78 is 9.49. The molecule has 5 heteroatoms. The van der Waals surface area contributed by atoms with E-state index in [1.807, 2.05) is 6.08 Å². The lowest BCUT2D eigenvalue weighted by Gasteiger charge is -2.50. The van der Waals surface area contributed by atoms with E-state index in [1.165, 1.54) is 0 Å². The minimum Gasteiger partial charge on any atom is -0.461 e. The highest BCUT2D eigenvalue weighted by Gasteiger charge is 2.55. The quantitative estimate of drug-likeness (QED) is 0.533. The SMILES string of the molecule is COC(=O)C(=O)OC1=CC2=CC[C@@H]3[C@H](CC[C@]4(C)C(=O)CC[C@@H]34)[C@H]2C=C1. The summed E-state index contributed by atoms with van der Waals surface area (Å²) in [6, 6.07) is 0. The summed E-state index contributed by atoms with van der Waals surface area (Å²) in [5.74, 6) is 0.683. The van der Waals surface area contributed by atoms with Gasteiger partial charge in [0.2, 0.25) is 0 Å². The smallest absolute Gasteiger partial charge is 0.422 e. The molecule has 0 saturated heterocycles. The molecular formula is C21H24O5. The molecule has 0 amide bonds. The maximum Gasteiger partial charge on any atom is 0.422 e. The van der Waals surface area contributed by atoms with Crippen LogP contribution in [0.5, 0.6) is 0 Å². The highest BCUT2D eigenvalue weighted by atomic mass is 16.6. The average Bonchev–Trinajstić information content (AvgIpc) is 2.95. The molecule has 0 unspecified atom stereocenters. The Hall–Kier alpha value is -2.17. The molecule has 0 bridgehead atoms. The molecule has 0 spiro atoms. The number of carbonyl (C=O) groups excluding carboxylic acids is 3. The summed E-state index contributed by atoms with van der Waals surface area (Å²) in [5.41, 5.74) is 1.02. The maximum absolute atomic E-state index is 12.4. The van der Waals surface area contributed by atoms with Gasteiger partial charge >= 0.3 is 11.9 Å². The predicted molar refractivity (Wildman–Crippen MR) is 93.6 cm³/mol. The Morgan fingerprint density at radius 3 is 2.77 bits per heavy atom. The largest absolute Gasteiger partial charge is 0.461 e. The Bertz CT molecular complexity index is 758. The van der Waals surface area contributed by atoms with Crippen molar-refractivity contribution in [2.75, 3.05) is 7.11 Å². The van der Waals surface area contributed by atoms with Crippen LogP contribution in [0.25, 0.3) is 0 Å². The normalized spacial score (nSPS) is 37.7. The number of carbonyl (C=O) groups is 3. The highest BCUT2D eigenvalue weighted by molar-refractivity contribution is 6.29. The zero-order valence-corrected chi connectivity index (χ0v) is 15.2. The number of fused-ring (bicyclic) bond motifs is 5. The minimum absolute atomic E-state index is 0.123. The lowest BCUT2D eigenvalue weighted by molar-refractivity contribution is -0.163. The minimum atomic E-state index is -1.01. The van der Waals surface area contributed by atoms with Gasteiger partial charge in [-0.2, -0.15) is 0 Å². The van der Waals surface area contributed by atoms with Crippen molar-refractivity contribution in [3.05, 3.63) is 35.6 Å². The second-order valence-corrected chi connectivity index (χ2v) is 8.10. The van der Waals surface area contributed by atoms with Gasteiger partial charge in [0, 0.05) is 17.8 Å². The van der Waals surface area contributed by atoms with Crippen molar-refractivity contribution in [3.8, 4) is 0 Å². The highest BCUT2D eigenvalue weighted by Crippen LogP contribution is 2.59. The number of allylic oxidation sites excluding steroid dienone is 5. The zero-order chi connectivity index (χ0) is 18.5. The van der Waals surface area contributed by atoms with Gasteiger partial charge in [-0.1, -0.05) is 19.1 Å². The molecule has 4 aliphatic carbocycles. The van der Waals surface area contributed by atoms with Crippen molar-refractivity contribution in [1.82, 2.24) is 0 Å². The van der Waals surface area contributed by atoms with Crippen molar-refractivity contribution in [3.63, 3.8) is 0 Å². The lowest BCUT2D eigenvalue weighted by Crippen LogP contribution is -2.45. The second kappa shape index (κ2) is 6.22. The first-order valence-corrected chi connectivity index (χ1v) is 9.37. The molecule has 5 atom stereocenters. The molecule has 4 rings (SSSR count). The van der Waals surface area contributed by atoms with E-state index in [0.29, 0.717) is 35.2 Å². The molecule has 0 heterocycles. The third-order valence-electron chi connectivity index (χ3n) is 7.01. The van der Waals surface area contributed by atoms with Gasteiger partial charge in [0.1, 0.15) is 11.5 Å². The number of hydrogen-bond donors (Lipinski definition) is 0. The predicted octanol–water partition coefficient (Wildman–Crippen LogP) is 3.11. The van der Waals surface area contributed by atoms with Gasteiger partial charge in [-0.15, -0.1) is 0 Å². The summed E-state index contributed by atoms with van der Waals surface area (Å²) in [4.78, 5) is 35.2. The number of ether oxygens (including phenoxy) is 2. The maximum atomic E-state index is 12.4. The Morgan fingerprint density at radius 1 is 1.19 bits per heavy atom. The van der Waals surface area contributed by atoms with Crippen LogP contribution in [0.15, 0.2) is 35.6 Å². The molecule has 0 radical (unpaired) electrons. The number of ketones is 1. The van der Waals surface area contributed by atoms with Crippen molar-refractivity contribution in [2.45, 2.75) is 39.0 Å². The Balaban J connectivity index is 1.54. The lowest BCUT2D eigenvalue weighted by atomic mass is 9.54. The van der Waals surface area contributed by atoms with E-state index in [0.717, 1.165) is 44.8 Å². The average molecular weight is 356 g/mol. The van der Waals surface area contributed by atoms with Gasteiger partial charge in [-0.05, 0) is 61.2 Å². The molecule has 5 nitrogen and oxygen atoms in total.